The van der Waals surface area contributed by atoms with Gasteiger partial charge in [-0.2, -0.15) is 0 Å². The molecule has 5 heteroatoms. The van der Waals surface area contributed by atoms with Gasteiger partial charge in [0.15, 0.2) is 0 Å². The van der Waals surface area contributed by atoms with E-state index in [2.05, 4.69) is 20.9 Å². The Bertz CT molecular complexity index is 790. The second-order valence-corrected chi connectivity index (χ2v) is 5.68. The summed E-state index contributed by atoms with van der Waals surface area (Å²) in [6.45, 7) is 1.09. The smallest absolute Gasteiger partial charge is 0.136 e. The number of hydrogen-bond donors (Lipinski definition) is 0. The maximum absolute atomic E-state index is 5.98. The van der Waals surface area contributed by atoms with E-state index in [-0.39, 0.29) is 0 Å². The van der Waals surface area contributed by atoms with Crippen molar-refractivity contribution in [2.75, 3.05) is 20.3 Å². The summed E-state index contributed by atoms with van der Waals surface area (Å²) in [6, 6.07) is 17.2. The van der Waals surface area contributed by atoms with Gasteiger partial charge in [-0.05, 0) is 64.5 Å². The number of aromatic nitrogens is 1. The Hall–Kier alpha value is -2.11. The van der Waals surface area contributed by atoms with Crippen molar-refractivity contribution >= 4 is 26.8 Å². The van der Waals surface area contributed by atoms with Crippen molar-refractivity contribution in [1.82, 2.24) is 4.98 Å². The summed E-state index contributed by atoms with van der Waals surface area (Å²) in [5.74, 6) is 2.31. The quantitative estimate of drug-likeness (QED) is 0.458. The van der Waals surface area contributed by atoms with Crippen LogP contribution in [0.2, 0.25) is 0 Å². The number of nitrogens with zero attached hydrogens (tertiary/aromatic N) is 1. The molecule has 0 fully saturated rings. The van der Waals surface area contributed by atoms with Crippen LogP contribution in [0.3, 0.4) is 0 Å². The van der Waals surface area contributed by atoms with Crippen LogP contribution in [0.5, 0.6) is 17.2 Å². The average molecular weight is 374 g/mol. The minimum Gasteiger partial charge on any atom is -0.491 e. The summed E-state index contributed by atoms with van der Waals surface area (Å²) in [5.41, 5.74) is 0.886. The summed E-state index contributed by atoms with van der Waals surface area (Å²) in [4.78, 5) is 4.44. The third-order valence-corrected chi connectivity index (χ3v) is 3.71. The molecule has 0 aliphatic heterocycles. The molecule has 0 saturated heterocycles. The molecule has 0 unspecified atom stereocenters. The van der Waals surface area contributed by atoms with Crippen molar-refractivity contribution in [2.24, 2.45) is 0 Å². The second kappa shape index (κ2) is 7.44. The maximum atomic E-state index is 5.98. The number of ether oxygens (including phenoxy) is 3. The van der Waals surface area contributed by atoms with Crippen LogP contribution in [0.25, 0.3) is 10.9 Å². The molecule has 118 valence electrons. The van der Waals surface area contributed by atoms with Crippen molar-refractivity contribution in [3.05, 3.63) is 59.2 Å². The van der Waals surface area contributed by atoms with Crippen LogP contribution in [-0.2, 0) is 4.74 Å². The molecule has 0 saturated carbocycles. The number of fused-ring (bicyclic) bond motifs is 1. The lowest BCUT2D eigenvalue weighted by atomic mass is 10.2. The highest BCUT2D eigenvalue weighted by Crippen LogP contribution is 2.30. The van der Waals surface area contributed by atoms with E-state index in [1.165, 1.54) is 0 Å². The first-order valence-corrected chi connectivity index (χ1v) is 8.00. The van der Waals surface area contributed by atoms with E-state index in [1.807, 2.05) is 54.6 Å². The average Bonchev–Trinajstić information content (AvgIpc) is 2.56. The zero-order chi connectivity index (χ0) is 16.1. The number of hydrogen-bond acceptors (Lipinski definition) is 4. The van der Waals surface area contributed by atoms with Gasteiger partial charge in [-0.15, -0.1) is 0 Å². The lowest BCUT2D eigenvalue weighted by Crippen LogP contribution is -2.03. The zero-order valence-corrected chi connectivity index (χ0v) is 14.2. The molecule has 0 N–H and O–H groups in total. The SMILES string of the molecule is COCCOc1ccc(Oc2cccc3nc(Br)ccc23)cc1. The summed E-state index contributed by atoms with van der Waals surface area (Å²) in [7, 11) is 1.65. The molecule has 0 spiro atoms. The lowest BCUT2D eigenvalue weighted by molar-refractivity contribution is 0.146. The molecule has 0 aliphatic carbocycles. The first kappa shape index (κ1) is 15.8. The van der Waals surface area contributed by atoms with Gasteiger partial charge in [0, 0.05) is 12.5 Å². The molecular formula is C18H16BrNO3. The largest absolute Gasteiger partial charge is 0.491 e. The number of halogens is 1. The molecule has 4 nitrogen and oxygen atoms in total. The Balaban J connectivity index is 1.77. The second-order valence-electron chi connectivity index (χ2n) is 4.87. The van der Waals surface area contributed by atoms with Gasteiger partial charge in [0.25, 0.3) is 0 Å². The highest BCUT2D eigenvalue weighted by Gasteiger charge is 2.05. The maximum Gasteiger partial charge on any atom is 0.136 e. The number of methoxy groups -OCH3 is 1. The third-order valence-electron chi connectivity index (χ3n) is 3.27. The standard InChI is InChI=1S/C18H16BrNO3/c1-21-11-12-22-13-5-7-14(8-6-13)23-17-4-2-3-16-15(17)9-10-18(19)20-16/h2-10H,11-12H2,1H3. The van der Waals surface area contributed by atoms with Gasteiger partial charge in [-0.1, -0.05) is 6.07 Å². The molecule has 23 heavy (non-hydrogen) atoms. The van der Waals surface area contributed by atoms with Crippen molar-refractivity contribution in [3.63, 3.8) is 0 Å². The van der Waals surface area contributed by atoms with Crippen LogP contribution in [0.1, 0.15) is 0 Å². The molecule has 0 amide bonds. The van der Waals surface area contributed by atoms with E-state index in [0.717, 1.165) is 32.8 Å². The first-order chi connectivity index (χ1) is 11.3. The van der Waals surface area contributed by atoms with Gasteiger partial charge in [0.05, 0.1) is 12.1 Å². The topological polar surface area (TPSA) is 40.6 Å². The van der Waals surface area contributed by atoms with E-state index >= 15 is 0 Å². The molecule has 0 radical (unpaired) electrons. The normalized spacial score (nSPS) is 10.7. The molecule has 3 aromatic rings. The van der Waals surface area contributed by atoms with Gasteiger partial charge < -0.3 is 14.2 Å². The molecule has 1 heterocycles. The van der Waals surface area contributed by atoms with E-state index in [4.69, 9.17) is 14.2 Å². The van der Waals surface area contributed by atoms with Crippen LogP contribution in [0.15, 0.2) is 59.2 Å². The van der Waals surface area contributed by atoms with Gasteiger partial charge in [-0.25, -0.2) is 4.98 Å². The highest BCUT2D eigenvalue weighted by atomic mass is 79.9. The van der Waals surface area contributed by atoms with E-state index in [9.17, 15) is 0 Å². The molecular weight excluding hydrogens is 358 g/mol. The minimum absolute atomic E-state index is 0.528. The molecule has 3 rings (SSSR count). The van der Waals surface area contributed by atoms with E-state index in [0.29, 0.717) is 13.2 Å². The van der Waals surface area contributed by atoms with E-state index < -0.39 is 0 Å². The Morgan fingerprint density at radius 1 is 0.913 bits per heavy atom. The number of pyridine rings is 1. The van der Waals surface area contributed by atoms with Crippen LogP contribution in [-0.4, -0.2) is 25.3 Å². The fourth-order valence-electron chi connectivity index (χ4n) is 2.16. The predicted molar refractivity (Wildman–Crippen MR) is 93.3 cm³/mol. The Morgan fingerprint density at radius 3 is 2.48 bits per heavy atom. The Kier molecular flexibility index (Phi) is 5.10. The molecule has 0 atom stereocenters. The third kappa shape index (κ3) is 4.00. The Labute approximate surface area is 143 Å². The lowest BCUT2D eigenvalue weighted by Gasteiger charge is -2.10. The zero-order valence-electron chi connectivity index (χ0n) is 12.7. The molecule has 0 bridgehead atoms. The van der Waals surface area contributed by atoms with Gasteiger partial charge >= 0.3 is 0 Å². The number of benzene rings is 2. The van der Waals surface area contributed by atoms with Crippen LogP contribution < -0.4 is 9.47 Å². The summed E-state index contributed by atoms with van der Waals surface area (Å²) in [6.07, 6.45) is 0. The minimum atomic E-state index is 0.528. The first-order valence-electron chi connectivity index (χ1n) is 7.21. The highest BCUT2D eigenvalue weighted by molar-refractivity contribution is 9.10. The van der Waals surface area contributed by atoms with Crippen LogP contribution in [0.4, 0.5) is 0 Å². The monoisotopic (exact) mass is 373 g/mol. The fourth-order valence-corrected chi connectivity index (χ4v) is 2.49. The molecule has 2 aromatic carbocycles. The van der Waals surface area contributed by atoms with Crippen molar-refractivity contribution < 1.29 is 14.2 Å². The van der Waals surface area contributed by atoms with Crippen molar-refractivity contribution in [3.8, 4) is 17.2 Å². The van der Waals surface area contributed by atoms with Gasteiger partial charge in [0.1, 0.15) is 28.5 Å². The van der Waals surface area contributed by atoms with Gasteiger partial charge in [-0.3, -0.25) is 0 Å². The van der Waals surface area contributed by atoms with Crippen molar-refractivity contribution in [2.45, 2.75) is 0 Å². The fraction of sp³-hybridized carbons (Fsp3) is 0.167. The van der Waals surface area contributed by atoms with Crippen LogP contribution in [0, 0.1) is 0 Å². The molecule has 1 aromatic heterocycles. The van der Waals surface area contributed by atoms with Crippen LogP contribution >= 0.6 is 15.9 Å². The van der Waals surface area contributed by atoms with E-state index in [1.54, 1.807) is 7.11 Å². The summed E-state index contributed by atoms with van der Waals surface area (Å²) in [5, 5.41) is 0.969. The Morgan fingerprint density at radius 2 is 1.70 bits per heavy atom. The molecule has 0 aliphatic rings. The summed E-state index contributed by atoms with van der Waals surface area (Å²) >= 11 is 3.38. The predicted octanol–water partition coefficient (Wildman–Crippen LogP) is 4.81. The van der Waals surface area contributed by atoms with Crippen molar-refractivity contribution in [1.29, 1.82) is 0 Å². The number of rotatable bonds is 6. The summed E-state index contributed by atoms with van der Waals surface area (Å²) < 4.78 is 17.3. The van der Waals surface area contributed by atoms with Gasteiger partial charge in [0.2, 0.25) is 0 Å².